The standard InChI is InChI=1S/C16H20ClFN2S/c1-3-6-19-13(9-14-10-21-11(2)20-14)7-12-4-5-15(17)16(18)8-12/h4-5,8,10,13,19H,3,6-7,9H2,1-2H3. The summed E-state index contributed by atoms with van der Waals surface area (Å²) in [6.45, 7) is 5.10. The van der Waals surface area contributed by atoms with Crippen LogP contribution >= 0.6 is 22.9 Å². The molecule has 0 fully saturated rings. The fourth-order valence-corrected chi connectivity index (χ4v) is 3.01. The van der Waals surface area contributed by atoms with E-state index in [1.165, 1.54) is 6.07 Å². The van der Waals surface area contributed by atoms with Gasteiger partial charge in [-0.1, -0.05) is 24.6 Å². The van der Waals surface area contributed by atoms with Crippen LogP contribution in [0.5, 0.6) is 0 Å². The third-order valence-electron chi connectivity index (χ3n) is 3.27. The second kappa shape index (κ2) is 7.87. The van der Waals surface area contributed by atoms with Gasteiger partial charge < -0.3 is 5.32 Å². The van der Waals surface area contributed by atoms with E-state index in [2.05, 4.69) is 22.6 Å². The van der Waals surface area contributed by atoms with E-state index in [9.17, 15) is 4.39 Å². The Morgan fingerprint density at radius 2 is 2.19 bits per heavy atom. The first-order valence-corrected chi connectivity index (χ1v) is 8.42. The number of halogens is 2. The van der Waals surface area contributed by atoms with Crippen molar-refractivity contribution >= 4 is 22.9 Å². The summed E-state index contributed by atoms with van der Waals surface area (Å²) in [6.07, 6.45) is 2.70. The van der Waals surface area contributed by atoms with Crippen molar-refractivity contribution in [2.24, 2.45) is 0 Å². The monoisotopic (exact) mass is 326 g/mol. The maximum atomic E-state index is 13.5. The minimum Gasteiger partial charge on any atom is -0.313 e. The zero-order chi connectivity index (χ0) is 15.2. The smallest absolute Gasteiger partial charge is 0.142 e. The molecule has 0 bridgehead atoms. The quantitative estimate of drug-likeness (QED) is 0.816. The van der Waals surface area contributed by atoms with Crippen molar-refractivity contribution < 1.29 is 4.39 Å². The summed E-state index contributed by atoms with van der Waals surface area (Å²) in [6, 6.07) is 5.29. The first kappa shape index (κ1) is 16.4. The van der Waals surface area contributed by atoms with Gasteiger partial charge in [0.15, 0.2) is 0 Å². The Kier molecular flexibility index (Phi) is 6.15. The van der Waals surface area contributed by atoms with Gasteiger partial charge in [0.2, 0.25) is 0 Å². The number of aryl methyl sites for hydroxylation is 1. The first-order valence-electron chi connectivity index (χ1n) is 7.16. The van der Waals surface area contributed by atoms with Crippen LogP contribution in [0.1, 0.15) is 29.6 Å². The molecular formula is C16H20ClFN2S. The molecule has 0 aliphatic carbocycles. The summed E-state index contributed by atoms with van der Waals surface area (Å²) in [5, 5.41) is 6.87. The molecule has 0 saturated carbocycles. The highest BCUT2D eigenvalue weighted by molar-refractivity contribution is 7.09. The van der Waals surface area contributed by atoms with Crippen LogP contribution in [0.25, 0.3) is 0 Å². The van der Waals surface area contributed by atoms with Crippen LogP contribution in [0.3, 0.4) is 0 Å². The maximum absolute atomic E-state index is 13.5. The second-order valence-electron chi connectivity index (χ2n) is 5.17. The number of hydrogen-bond donors (Lipinski definition) is 1. The highest BCUT2D eigenvalue weighted by Gasteiger charge is 2.13. The third kappa shape index (κ3) is 5.06. The Morgan fingerprint density at radius 3 is 2.81 bits per heavy atom. The van der Waals surface area contributed by atoms with Gasteiger partial charge in [-0.05, 0) is 44.0 Å². The van der Waals surface area contributed by atoms with Crippen LogP contribution in [0.4, 0.5) is 4.39 Å². The van der Waals surface area contributed by atoms with Crippen LogP contribution in [0.15, 0.2) is 23.6 Å². The molecule has 1 N–H and O–H groups in total. The minimum absolute atomic E-state index is 0.173. The summed E-state index contributed by atoms with van der Waals surface area (Å²) in [5.74, 6) is -0.354. The Morgan fingerprint density at radius 1 is 1.38 bits per heavy atom. The number of nitrogens with one attached hydrogen (secondary N) is 1. The van der Waals surface area contributed by atoms with E-state index in [0.29, 0.717) is 0 Å². The van der Waals surface area contributed by atoms with Crippen molar-refractivity contribution in [2.75, 3.05) is 6.54 Å². The molecule has 0 radical (unpaired) electrons. The molecule has 1 heterocycles. The van der Waals surface area contributed by atoms with E-state index in [1.54, 1.807) is 17.4 Å². The average molecular weight is 327 g/mol. The minimum atomic E-state index is -0.354. The van der Waals surface area contributed by atoms with Gasteiger partial charge in [-0.25, -0.2) is 9.37 Å². The molecule has 21 heavy (non-hydrogen) atoms. The molecule has 1 aromatic heterocycles. The number of thiazole rings is 1. The van der Waals surface area contributed by atoms with Crippen LogP contribution < -0.4 is 5.32 Å². The van der Waals surface area contributed by atoms with E-state index in [-0.39, 0.29) is 16.9 Å². The Labute approximate surface area is 134 Å². The predicted octanol–water partition coefficient (Wildman–Crippen LogP) is 4.40. The van der Waals surface area contributed by atoms with Crippen molar-refractivity contribution in [1.82, 2.24) is 10.3 Å². The molecule has 2 nitrogen and oxygen atoms in total. The van der Waals surface area contributed by atoms with Crippen molar-refractivity contribution in [2.45, 2.75) is 39.2 Å². The summed E-state index contributed by atoms with van der Waals surface area (Å²) >= 11 is 7.40. The first-order chi connectivity index (χ1) is 10.1. The second-order valence-corrected chi connectivity index (χ2v) is 6.64. The highest BCUT2D eigenvalue weighted by atomic mass is 35.5. The fraction of sp³-hybridized carbons (Fsp3) is 0.438. The molecule has 2 rings (SSSR count). The molecule has 0 saturated heterocycles. The molecule has 1 atom stereocenters. The van der Waals surface area contributed by atoms with E-state index < -0.39 is 0 Å². The van der Waals surface area contributed by atoms with Crippen molar-refractivity contribution in [3.8, 4) is 0 Å². The van der Waals surface area contributed by atoms with Gasteiger partial charge in [-0.2, -0.15) is 0 Å². The van der Waals surface area contributed by atoms with Crippen molar-refractivity contribution in [1.29, 1.82) is 0 Å². The van der Waals surface area contributed by atoms with Crippen molar-refractivity contribution in [3.05, 3.63) is 50.7 Å². The summed E-state index contributed by atoms with van der Waals surface area (Å²) in [7, 11) is 0. The number of rotatable bonds is 7. The molecule has 1 aromatic carbocycles. The van der Waals surface area contributed by atoms with Gasteiger partial charge in [-0.3, -0.25) is 0 Å². The number of benzene rings is 1. The summed E-state index contributed by atoms with van der Waals surface area (Å²) in [5.41, 5.74) is 2.05. The average Bonchev–Trinajstić information content (AvgIpc) is 2.85. The van der Waals surface area contributed by atoms with Gasteiger partial charge >= 0.3 is 0 Å². The van der Waals surface area contributed by atoms with E-state index in [4.69, 9.17) is 11.6 Å². The van der Waals surface area contributed by atoms with Gasteiger partial charge in [0.25, 0.3) is 0 Å². The van der Waals surface area contributed by atoms with E-state index >= 15 is 0 Å². The Bertz CT molecular complexity index is 585. The molecule has 0 spiro atoms. The lowest BCUT2D eigenvalue weighted by atomic mass is 10.0. The number of nitrogens with zero attached hydrogens (tertiary/aromatic N) is 1. The normalized spacial score (nSPS) is 12.6. The van der Waals surface area contributed by atoms with Gasteiger partial charge in [0, 0.05) is 17.8 Å². The fourth-order valence-electron chi connectivity index (χ4n) is 2.27. The van der Waals surface area contributed by atoms with Crippen LogP contribution in [0, 0.1) is 12.7 Å². The largest absolute Gasteiger partial charge is 0.313 e. The number of aromatic nitrogens is 1. The molecule has 1 unspecified atom stereocenters. The Hall–Kier alpha value is -0.970. The lowest BCUT2D eigenvalue weighted by Gasteiger charge is -2.18. The molecule has 5 heteroatoms. The maximum Gasteiger partial charge on any atom is 0.142 e. The van der Waals surface area contributed by atoms with Gasteiger partial charge in [0.05, 0.1) is 15.7 Å². The topological polar surface area (TPSA) is 24.9 Å². The van der Waals surface area contributed by atoms with Crippen LogP contribution in [0.2, 0.25) is 5.02 Å². The van der Waals surface area contributed by atoms with Crippen LogP contribution in [-0.4, -0.2) is 17.6 Å². The lowest BCUT2D eigenvalue weighted by Crippen LogP contribution is -2.34. The number of hydrogen-bond acceptors (Lipinski definition) is 3. The molecule has 114 valence electrons. The van der Waals surface area contributed by atoms with Gasteiger partial charge in [0.1, 0.15) is 5.82 Å². The molecule has 0 aliphatic rings. The van der Waals surface area contributed by atoms with Gasteiger partial charge in [-0.15, -0.1) is 11.3 Å². The Balaban J connectivity index is 2.06. The zero-order valence-electron chi connectivity index (χ0n) is 12.3. The summed E-state index contributed by atoms with van der Waals surface area (Å²) < 4.78 is 13.5. The van der Waals surface area contributed by atoms with E-state index in [1.807, 2.05) is 13.0 Å². The van der Waals surface area contributed by atoms with Crippen LogP contribution in [-0.2, 0) is 12.8 Å². The third-order valence-corrected chi connectivity index (χ3v) is 4.40. The molecule has 0 amide bonds. The lowest BCUT2D eigenvalue weighted by molar-refractivity contribution is 0.499. The van der Waals surface area contributed by atoms with Crippen molar-refractivity contribution in [3.63, 3.8) is 0 Å². The molecule has 2 aromatic rings. The molecule has 0 aliphatic heterocycles. The van der Waals surface area contributed by atoms with E-state index in [0.717, 1.165) is 42.1 Å². The molecular weight excluding hydrogens is 307 g/mol. The SMILES string of the molecule is CCCNC(Cc1ccc(Cl)c(F)c1)Cc1csc(C)n1. The predicted molar refractivity (Wildman–Crippen MR) is 87.8 cm³/mol. The highest BCUT2D eigenvalue weighted by Crippen LogP contribution is 2.18. The summed E-state index contributed by atoms with van der Waals surface area (Å²) in [4.78, 5) is 4.52. The zero-order valence-corrected chi connectivity index (χ0v) is 13.9.